The van der Waals surface area contributed by atoms with E-state index in [-0.39, 0.29) is 11.5 Å². The van der Waals surface area contributed by atoms with Gasteiger partial charge in [-0.05, 0) is 17.7 Å². The molecule has 6 heteroatoms. The number of nitriles is 1. The largest absolute Gasteiger partial charge is 0.504 e. The molecular formula is C10H8N2O4. The summed E-state index contributed by atoms with van der Waals surface area (Å²) in [5.74, 6) is 0.119. The van der Waals surface area contributed by atoms with Gasteiger partial charge in [-0.2, -0.15) is 5.26 Å². The fraction of sp³-hybridized carbons (Fsp3) is 0.100. The molecule has 82 valence electrons. The monoisotopic (exact) mass is 220 g/mol. The number of nitro groups is 1. The molecule has 0 aliphatic heterocycles. The Morgan fingerprint density at radius 1 is 1.69 bits per heavy atom. The SMILES string of the molecule is COc1cc(C=C(C#N)[N+](=O)[O-])ccc1O. The fourth-order valence-electron chi connectivity index (χ4n) is 1.07. The lowest BCUT2D eigenvalue weighted by atomic mass is 10.2. The minimum Gasteiger partial charge on any atom is -0.504 e. The van der Waals surface area contributed by atoms with Crippen molar-refractivity contribution in [3.8, 4) is 17.6 Å². The average Bonchev–Trinajstić information content (AvgIpc) is 2.27. The first kappa shape index (κ1) is 11.5. The molecule has 1 aromatic carbocycles. The molecule has 0 fully saturated rings. The van der Waals surface area contributed by atoms with Crippen LogP contribution in [0.15, 0.2) is 23.9 Å². The highest BCUT2D eigenvalue weighted by Gasteiger charge is 2.09. The second-order valence-corrected chi connectivity index (χ2v) is 2.83. The number of phenolic OH excluding ortho intramolecular Hbond substituents is 1. The second kappa shape index (κ2) is 4.79. The number of phenols is 1. The van der Waals surface area contributed by atoms with Crippen LogP contribution in [0.1, 0.15) is 5.56 Å². The van der Waals surface area contributed by atoms with Crippen molar-refractivity contribution in [1.29, 1.82) is 5.26 Å². The second-order valence-electron chi connectivity index (χ2n) is 2.83. The summed E-state index contributed by atoms with van der Waals surface area (Å²) in [6.07, 6.45) is 1.10. The Bertz CT molecular complexity index is 488. The highest BCUT2D eigenvalue weighted by molar-refractivity contribution is 5.58. The van der Waals surface area contributed by atoms with Gasteiger partial charge in [0.25, 0.3) is 0 Å². The topological polar surface area (TPSA) is 96.4 Å². The Kier molecular flexibility index (Phi) is 3.45. The van der Waals surface area contributed by atoms with Crippen molar-refractivity contribution in [1.82, 2.24) is 0 Å². The van der Waals surface area contributed by atoms with Gasteiger partial charge < -0.3 is 9.84 Å². The first-order valence-electron chi connectivity index (χ1n) is 4.21. The van der Waals surface area contributed by atoms with Crippen LogP contribution in [0, 0.1) is 21.4 Å². The number of benzene rings is 1. The van der Waals surface area contributed by atoms with E-state index in [2.05, 4.69) is 0 Å². The van der Waals surface area contributed by atoms with Crippen molar-refractivity contribution in [3.05, 3.63) is 39.6 Å². The standard InChI is InChI=1S/C10H8N2O4/c1-16-10-5-7(2-3-9(10)13)4-8(6-11)12(14)15/h2-5,13H,1H3. The normalized spacial score (nSPS) is 10.6. The van der Waals surface area contributed by atoms with Gasteiger partial charge in [0, 0.05) is 6.08 Å². The predicted octanol–water partition coefficient (Wildman–Crippen LogP) is 1.54. The van der Waals surface area contributed by atoms with Crippen molar-refractivity contribution >= 4 is 6.08 Å². The van der Waals surface area contributed by atoms with Gasteiger partial charge >= 0.3 is 5.70 Å². The maximum Gasteiger partial charge on any atom is 0.346 e. The summed E-state index contributed by atoms with van der Waals surface area (Å²) in [7, 11) is 1.36. The van der Waals surface area contributed by atoms with Gasteiger partial charge in [0.05, 0.1) is 12.0 Å². The number of aromatic hydroxyl groups is 1. The summed E-state index contributed by atoms with van der Waals surface area (Å²) in [4.78, 5) is 9.61. The van der Waals surface area contributed by atoms with E-state index in [0.717, 1.165) is 6.08 Å². The van der Waals surface area contributed by atoms with E-state index in [1.165, 1.54) is 31.4 Å². The van der Waals surface area contributed by atoms with Crippen LogP contribution in [0.3, 0.4) is 0 Å². The molecule has 0 bridgehead atoms. The molecule has 6 nitrogen and oxygen atoms in total. The van der Waals surface area contributed by atoms with Gasteiger partial charge in [-0.25, -0.2) is 0 Å². The van der Waals surface area contributed by atoms with Crippen LogP contribution in [0.2, 0.25) is 0 Å². The number of nitrogens with zero attached hydrogens (tertiary/aromatic N) is 2. The number of hydrogen-bond acceptors (Lipinski definition) is 5. The fourth-order valence-corrected chi connectivity index (χ4v) is 1.07. The number of methoxy groups -OCH3 is 1. The summed E-state index contributed by atoms with van der Waals surface area (Å²) in [6, 6.07) is 5.64. The Labute approximate surface area is 91.2 Å². The molecule has 0 spiro atoms. The van der Waals surface area contributed by atoms with Crippen LogP contribution in [0.25, 0.3) is 6.08 Å². The van der Waals surface area contributed by atoms with E-state index in [4.69, 9.17) is 10.00 Å². The molecule has 1 aromatic rings. The third-order valence-corrected chi connectivity index (χ3v) is 1.82. The van der Waals surface area contributed by atoms with E-state index < -0.39 is 10.6 Å². The lowest BCUT2D eigenvalue weighted by molar-refractivity contribution is -0.415. The van der Waals surface area contributed by atoms with E-state index in [9.17, 15) is 15.2 Å². The minimum absolute atomic E-state index is 0.0701. The highest BCUT2D eigenvalue weighted by atomic mass is 16.6. The number of ether oxygens (including phenoxy) is 1. The average molecular weight is 220 g/mol. The van der Waals surface area contributed by atoms with E-state index in [1.807, 2.05) is 0 Å². The van der Waals surface area contributed by atoms with E-state index >= 15 is 0 Å². The van der Waals surface area contributed by atoms with Crippen LogP contribution in [0.4, 0.5) is 0 Å². The smallest absolute Gasteiger partial charge is 0.346 e. The first-order valence-corrected chi connectivity index (χ1v) is 4.21. The molecule has 0 aliphatic carbocycles. The van der Waals surface area contributed by atoms with Crippen LogP contribution in [0.5, 0.6) is 11.5 Å². The zero-order valence-electron chi connectivity index (χ0n) is 8.38. The molecule has 1 rings (SSSR count). The maximum atomic E-state index is 10.4. The zero-order valence-corrected chi connectivity index (χ0v) is 8.38. The molecule has 0 saturated heterocycles. The van der Waals surface area contributed by atoms with Crippen molar-refractivity contribution in [3.63, 3.8) is 0 Å². The van der Waals surface area contributed by atoms with Crippen LogP contribution < -0.4 is 4.74 Å². The Balaban J connectivity index is 3.16. The predicted molar refractivity (Wildman–Crippen MR) is 55.2 cm³/mol. The molecule has 0 aromatic heterocycles. The molecule has 0 heterocycles. The summed E-state index contributed by atoms with van der Waals surface area (Å²) >= 11 is 0. The van der Waals surface area contributed by atoms with Crippen molar-refractivity contribution in [2.45, 2.75) is 0 Å². The lowest BCUT2D eigenvalue weighted by Crippen LogP contribution is -1.95. The summed E-state index contributed by atoms with van der Waals surface area (Å²) in [5, 5.41) is 28.2. The van der Waals surface area contributed by atoms with Crippen LogP contribution in [-0.2, 0) is 0 Å². The van der Waals surface area contributed by atoms with Gasteiger partial charge in [0.2, 0.25) is 0 Å². The molecule has 0 saturated carbocycles. The quantitative estimate of drug-likeness (QED) is 0.473. The van der Waals surface area contributed by atoms with Gasteiger partial charge in [0.15, 0.2) is 17.6 Å². The maximum absolute atomic E-state index is 10.4. The van der Waals surface area contributed by atoms with Crippen molar-refractivity contribution < 1.29 is 14.8 Å². The Morgan fingerprint density at radius 3 is 2.88 bits per heavy atom. The Morgan fingerprint density at radius 2 is 2.38 bits per heavy atom. The molecule has 0 amide bonds. The third kappa shape index (κ3) is 2.48. The first-order chi connectivity index (χ1) is 7.58. The zero-order chi connectivity index (χ0) is 12.1. The number of allylic oxidation sites excluding steroid dienone is 1. The lowest BCUT2D eigenvalue weighted by Gasteiger charge is -2.03. The summed E-state index contributed by atoms with van der Waals surface area (Å²) in [5.41, 5.74) is -0.171. The van der Waals surface area contributed by atoms with Gasteiger partial charge in [-0.15, -0.1) is 0 Å². The van der Waals surface area contributed by atoms with Gasteiger partial charge in [0.1, 0.15) is 0 Å². The van der Waals surface area contributed by atoms with E-state index in [1.54, 1.807) is 0 Å². The summed E-state index contributed by atoms with van der Waals surface area (Å²) < 4.78 is 4.83. The van der Waals surface area contributed by atoms with E-state index in [0.29, 0.717) is 5.56 Å². The Hall–Kier alpha value is -2.55. The molecule has 0 aliphatic rings. The minimum atomic E-state index is -0.778. The third-order valence-electron chi connectivity index (χ3n) is 1.82. The number of hydrogen-bond donors (Lipinski definition) is 1. The van der Waals surface area contributed by atoms with Crippen LogP contribution in [-0.4, -0.2) is 17.1 Å². The molecule has 0 unspecified atom stereocenters. The van der Waals surface area contributed by atoms with Crippen molar-refractivity contribution in [2.24, 2.45) is 0 Å². The van der Waals surface area contributed by atoms with Crippen LogP contribution >= 0.6 is 0 Å². The van der Waals surface area contributed by atoms with Gasteiger partial charge in [-0.3, -0.25) is 10.1 Å². The molecule has 16 heavy (non-hydrogen) atoms. The van der Waals surface area contributed by atoms with Gasteiger partial charge in [-0.1, -0.05) is 6.07 Å². The highest BCUT2D eigenvalue weighted by Crippen LogP contribution is 2.27. The molecule has 0 atom stereocenters. The number of rotatable bonds is 3. The molecular weight excluding hydrogens is 212 g/mol. The summed E-state index contributed by atoms with van der Waals surface area (Å²) in [6.45, 7) is 0. The van der Waals surface area contributed by atoms with Crippen molar-refractivity contribution in [2.75, 3.05) is 7.11 Å². The molecule has 0 radical (unpaired) electrons. The molecule has 1 N–H and O–H groups in total.